The molecule has 0 amide bonds. The van der Waals surface area contributed by atoms with E-state index >= 15 is 0 Å². The van der Waals surface area contributed by atoms with Crippen LogP contribution in [0.4, 0.5) is 0 Å². The SMILES string of the molecule is C[Si](C)(C)Oc1ccc(/C=C(/C#N)C(=O)O)cc1. The molecule has 18 heavy (non-hydrogen) atoms. The van der Waals surface area contributed by atoms with Crippen LogP contribution < -0.4 is 4.43 Å². The minimum absolute atomic E-state index is 0.283. The maximum absolute atomic E-state index is 10.7. The summed E-state index contributed by atoms with van der Waals surface area (Å²) in [4.78, 5) is 10.7. The van der Waals surface area contributed by atoms with Crippen molar-refractivity contribution in [1.82, 2.24) is 0 Å². The Hall–Kier alpha value is -2.06. The molecule has 0 atom stereocenters. The number of hydrogen-bond acceptors (Lipinski definition) is 3. The second kappa shape index (κ2) is 5.51. The molecule has 0 saturated carbocycles. The minimum Gasteiger partial charge on any atom is -0.544 e. The molecule has 0 unspecified atom stereocenters. The third kappa shape index (κ3) is 4.43. The van der Waals surface area contributed by atoms with Gasteiger partial charge >= 0.3 is 5.97 Å². The van der Waals surface area contributed by atoms with Gasteiger partial charge in [-0.1, -0.05) is 12.1 Å². The zero-order valence-corrected chi connectivity index (χ0v) is 11.6. The van der Waals surface area contributed by atoms with Crippen molar-refractivity contribution in [2.45, 2.75) is 19.6 Å². The van der Waals surface area contributed by atoms with Gasteiger partial charge in [0.25, 0.3) is 0 Å². The number of nitrogens with zero attached hydrogens (tertiary/aromatic N) is 1. The zero-order valence-electron chi connectivity index (χ0n) is 10.6. The summed E-state index contributed by atoms with van der Waals surface area (Å²) in [5.41, 5.74) is 0.380. The summed E-state index contributed by atoms with van der Waals surface area (Å²) in [6, 6.07) is 8.66. The fourth-order valence-electron chi connectivity index (χ4n) is 1.29. The van der Waals surface area contributed by atoms with Gasteiger partial charge in [0.2, 0.25) is 8.32 Å². The van der Waals surface area contributed by atoms with Gasteiger partial charge in [-0.25, -0.2) is 4.79 Å². The fraction of sp³-hybridized carbons (Fsp3) is 0.231. The Morgan fingerprint density at radius 2 is 1.89 bits per heavy atom. The van der Waals surface area contributed by atoms with E-state index in [-0.39, 0.29) is 5.57 Å². The average molecular weight is 261 g/mol. The first kappa shape index (κ1) is 14.0. The molecule has 0 aliphatic carbocycles. The highest BCUT2D eigenvalue weighted by Gasteiger charge is 2.15. The van der Waals surface area contributed by atoms with Gasteiger partial charge in [-0.2, -0.15) is 5.26 Å². The molecule has 94 valence electrons. The maximum atomic E-state index is 10.7. The number of aliphatic carboxylic acids is 1. The van der Waals surface area contributed by atoms with Gasteiger partial charge in [0.1, 0.15) is 17.4 Å². The molecule has 1 N–H and O–H groups in total. The molecule has 5 heteroatoms. The first-order valence-electron chi connectivity index (χ1n) is 5.46. The van der Waals surface area contributed by atoms with Crippen LogP contribution in [0.15, 0.2) is 29.8 Å². The number of benzene rings is 1. The van der Waals surface area contributed by atoms with E-state index < -0.39 is 14.3 Å². The molecular formula is C13H15NO3Si. The van der Waals surface area contributed by atoms with Gasteiger partial charge in [-0.3, -0.25) is 0 Å². The highest BCUT2D eigenvalue weighted by atomic mass is 28.4. The number of hydrogen-bond donors (Lipinski definition) is 1. The molecule has 1 aromatic rings. The van der Waals surface area contributed by atoms with Crippen LogP contribution in [0, 0.1) is 11.3 Å². The molecule has 0 saturated heterocycles. The summed E-state index contributed by atoms with van der Waals surface area (Å²) in [7, 11) is -1.63. The van der Waals surface area contributed by atoms with Crippen LogP contribution >= 0.6 is 0 Å². The average Bonchev–Trinajstić information content (AvgIpc) is 2.25. The van der Waals surface area contributed by atoms with Crippen molar-refractivity contribution in [2.24, 2.45) is 0 Å². The zero-order chi connectivity index (χ0) is 13.8. The number of carboxylic acids is 1. The van der Waals surface area contributed by atoms with E-state index in [9.17, 15) is 4.79 Å². The summed E-state index contributed by atoms with van der Waals surface area (Å²) in [5, 5.41) is 17.4. The fourth-order valence-corrected chi connectivity index (χ4v) is 2.14. The molecule has 1 aromatic carbocycles. The molecule has 0 radical (unpaired) electrons. The van der Waals surface area contributed by atoms with Crippen LogP contribution in [0.2, 0.25) is 19.6 Å². The lowest BCUT2D eigenvalue weighted by Gasteiger charge is -2.18. The summed E-state index contributed by atoms with van der Waals surface area (Å²) in [6.07, 6.45) is 1.33. The highest BCUT2D eigenvalue weighted by Crippen LogP contribution is 2.18. The second-order valence-electron chi connectivity index (χ2n) is 4.76. The molecule has 4 nitrogen and oxygen atoms in total. The van der Waals surface area contributed by atoms with E-state index in [1.807, 2.05) is 0 Å². The first-order chi connectivity index (χ1) is 8.31. The van der Waals surface area contributed by atoms with Gasteiger partial charge < -0.3 is 9.53 Å². The minimum atomic E-state index is -1.63. The number of carboxylic acid groups (broad SMARTS) is 1. The van der Waals surface area contributed by atoms with Crippen molar-refractivity contribution in [3.63, 3.8) is 0 Å². The van der Waals surface area contributed by atoms with E-state index in [1.54, 1.807) is 30.3 Å². The number of nitriles is 1. The van der Waals surface area contributed by atoms with Crippen molar-refractivity contribution in [3.05, 3.63) is 35.4 Å². The Morgan fingerprint density at radius 1 is 1.33 bits per heavy atom. The van der Waals surface area contributed by atoms with Crippen LogP contribution in [-0.4, -0.2) is 19.4 Å². The van der Waals surface area contributed by atoms with Crippen molar-refractivity contribution < 1.29 is 14.3 Å². The number of carbonyl (C=O) groups is 1. The Balaban J connectivity index is 2.91. The van der Waals surface area contributed by atoms with Crippen molar-refractivity contribution in [2.75, 3.05) is 0 Å². The monoisotopic (exact) mass is 261 g/mol. The molecule has 0 fully saturated rings. The lowest BCUT2D eigenvalue weighted by molar-refractivity contribution is -0.132. The van der Waals surface area contributed by atoms with Gasteiger partial charge in [-0.15, -0.1) is 0 Å². The van der Waals surface area contributed by atoms with Crippen molar-refractivity contribution in [3.8, 4) is 11.8 Å². The third-order valence-electron chi connectivity index (χ3n) is 1.97. The van der Waals surface area contributed by atoms with Gasteiger partial charge in [0.15, 0.2) is 0 Å². The summed E-state index contributed by atoms with van der Waals surface area (Å²) < 4.78 is 5.77. The number of rotatable bonds is 4. The molecule has 0 aromatic heterocycles. The van der Waals surface area contributed by atoms with Crippen LogP contribution in [0.1, 0.15) is 5.56 Å². The Kier molecular flexibility index (Phi) is 4.29. The lowest BCUT2D eigenvalue weighted by Crippen LogP contribution is -2.29. The van der Waals surface area contributed by atoms with Gasteiger partial charge in [0, 0.05) is 0 Å². The van der Waals surface area contributed by atoms with Crippen LogP contribution in [0.25, 0.3) is 6.08 Å². The van der Waals surface area contributed by atoms with Crippen LogP contribution in [0.5, 0.6) is 5.75 Å². The molecule has 0 heterocycles. The third-order valence-corrected chi connectivity index (χ3v) is 2.81. The van der Waals surface area contributed by atoms with Gasteiger partial charge in [0.05, 0.1) is 0 Å². The van der Waals surface area contributed by atoms with E-state index in [2.05, 4.69) is 19.6 Å². The van der Waals surface area contributed by atoms with E-state index in [0.717, 1.165) is 5.75 Å². The topological polar surface area (TPSA) is 70.3 Å². The summed E-state index contributed by atoms with van der Waals surface area (Å²) in [5.74, 6) is -0.458. The molecule has 0 bridgehead atoms. The van der Waals surface area contributed by atoms with E-state index in [1.165, 1.54) is 6.08 Å². The first-order valence-corrected chi connectivity index (χ1v) is 8.87. The Labute approximate surface area is 107 Å². The van der Waals surface area contributed by atoms with Crippen molar-refractivity contribution in [1.29, 1.82) is 5.26 Å². The Bertz CT molecular complexity index is 507. The Morgan fingerprint density at radius 3 is 2.28 bits per heavy atom. The standard InChI is InChI=1S/C13H15NO3Si/c1-18(2,3)17-12-6-4-10(5-7-12)8-11(9-14)13(15)16/h4-8H,1-3H3,(H,15,16)/b11-8-. The van der Waals surface area contributed by atoms with Gasteiger partial charge in [-0.05, 0) is 43.4 Å². The molecule has 0 aliphatic heterocycles. The van der Waals surface area contributed by atoms with Crippen molar-refractivity contribution >= 4 is 20.4 Å². The smallest absolute Gasteiger partial charge is 0.346 e. The molecular weight excluding hydrogens is 246 g/mol. The van der Waals surface area contributed by atoms with Crippen LogP contribution in [-0.2, 0) is 4.79 Å². The van der Waals surface area contributed by atoms with E-state index in [4.69, 9.17) is 14.8 Å². The quantitative estimate of drug-likeness (QED) is 0.514. The largest absolute Gasteiger partial charge is 0.544 e. The molecule has 0 aliphatic rings. The summed E-state index contributed by atoms with van der Waals surface area (Å²) in [6.45, 7) is 6.25. The van der Waals surface area contributed by atoms with E-state index in [0.29, 0.717) is 5.56 Å². The molecule has 0 spiro atoms. The predicted molar refractivity (Wildman–Crippen MR) is 71.6 cm³/mol. The van der Waals surface area contributed by atoms with Crippen LogP contribution in [0.3, 0.4) is 0 Å². The normalized spacial score (nSPS) is 11.8. The second-order valence-corrected chi connectivity index (χ2v) is 9.19. The summed E-state index contributed by atoms with van der Waals surface area (Å²) >= 11 is 0. The maximum Gasteiger partial charge on any atom is 0.346 e. The predicted octanol–water partition coefficient (Wildman–Crippen LogP) is 2.89. The lowest BCUT2D eigenvalue weighted by atomic mass is 10.1. The highest BCUT2D eigenvalue weighted by molar-refractivity contribution is 6.70. The molecule has 1 rings (SSSR count).